The van der Waals surface area contributed by atoms with Crippen molar-refractivity contribution in [2.24, 2.45) is 5.92 Å². The Labute approximate surface area is 232 Å². The molecule has 1 aromatic heterocycles. The Morgan fingerprint density at radius 3 is 2.38 bits per heavy atom. The molecular weight excluding hydrogens is 496 g/mol. The van der Waals surface area contributed by atoms with Crippen LogP contribution in [0.2, 0.25) is 0 Å². The van der Waals surface area contributed by atoms with Gasteiger partial charge in [-0.25, -0.2) is 0 Å². The number of nitrogens with two attached hydrogens (primary N) is 1. The molecule has 11 heteroatoms. The van der Waals surface area contributed by atoms with Gasteiger partial charge in [0.1, 0.15) is 11.6 Å². The predicted octanol–water partition coefficient (Wildman–Crippen LogP) is 2.44. The number of piperazine rings is 1. The summed E-state index contributed by atoms with van der Waals surface area (Å²) in [6.07, 6.45) is 12.6. The van der Waals surface area contributed by atoms with Gasteiger partial charge in [0.05, 0.1) is 6.42 Å². The van der Waals surface area contributed by atoms with E-state index in [0.717, 1.165) is 50.3 Å². The second-order valence-electron chi connectivity index (χ2n) is 11.4. The summed E-state index contributed by atoms with van der Waals surface area (Å²) in [4.78, 5) is 36.0. The van der Waals surface area contributed by atoms with Crippen molar-refractivity contribution in [1.29, 1.82) is 0 Å². The third kappa shape index (κ3) is 9.79. The number of carbonyl (C=O) groups excluding carboxylic acids is 1. The molecule has 1 saturated heterocycles. The summed E-state index contributed by atoms with van der Waals surface area (Å²) in [5.74, 6) is 1.42. The number of hydrogen-bond acceptors (Lipinski definition) is 9. The molecule has 1 aromatic rings. The molecule has 0 unspecified atom stereocenters. The Kier molecular flexibility index (Phi) is 11.4. The van der Waals surface area contributed by atoms with Gasteiger partial charge in [0, 0.05) is 50.7 Å². The molecular formula is C28H48N8O3. The fourth-order valence-corrected chi connectivity index (χ4v) is 6.06. The van der Waals surface area contributed by atoms with E-state index in [1.165, 1.54) is 51.4 Å². The van der Waals surface area contributed by atoms with Crippen LogP contribution in [0.5, 0.6) is 0 Å². The molecule has 3 fully saturated rings. The van der Waals surface area contributed by atoms with E-state index in [1.54, 1.807) is 11.0 Å². The molecule has 0 aromatic carbocycles. The van der Waals surface area contributed by atoms with Crippen LogP contribution in [-0.4, -0.2) is 89.7 Å². The number of carboxylic acid groups (broad SMARTS) is 1. The highest BCUT2D eigenvalue weighted by molar-refractivity contribution is 5.81. The van der Waals surface area contributed by atoms with Crippen molar-refractivity contribution in [1.82, 2.24) is 25.5 Å². The van der Waals surface area contributed by atoms with Gasteiger partial charge in [-0.2, -0.15) is 9.97 Å². The Hall–Kier alpha value is -2.66. The van der Waals surface area contributed by atoms with Crippen molar-refractivity contribution < 1.29 is 14.7 Å². The van der Waals surface area contributed by atoms with Gasteiger partial charge < -0.3 is 36.6 Å². The molecule has 39 heavy (non-hydrogen) atoms. The summed E-state index contributed by atoms with van der Waals surface area (Å²) in [7, 11) is 0. The Morgan fingerprint density at radius 2 is 1.67 bits per heavy atom. The van der Waals surface area contributed by atoms with Crippen LogP contribution in [-0.2, 0) is 9.59 Å². The molecule has 2 aliphatic carbocycles. The molecule has 4 rings (SSSR count). The van der Waals surface area contributed by atoms with Crippen molar-refractivity contribution in [3.8, 4) is 0 Å². The van der Waals surface area contributed by atoms with Gasteiger partial charge in [0.25, 0.3) is 0 Å². The minimum atomic E-state index is -0.948. The third-order valence-corrected chi connectivity index (χ3v) is 8.42. The lowest BCUT2D eigenvalue weighted by molar-refractivity contribution is -0.141. The number of amides is 1. The first kappa shape index (κ1) is 29.3. The summed E-state index contributed by atoms with van der Waals surface area (Å²) in [5, 5.41) is 19.7. The maximum absolute atomic E-state index is 12.2. The summed E-state index contributed by atoms with van der Waals surface area (Å²) in [6.45, 7) is 5.65. The number of hydrogen-bond donors (Lipinski definition) is 5. The molecule has 1 amide bonds. The maximum atomic E-state index is 12.2. The lowest BCUT2D eigenvalue weighted by Crippen LogP contribution is -2.49. The molecule has 0 spiro atoms. The highest BCUT2D eigenvalue weighted by Gasteiger charge is 2.25. The standard InChI is InChI=1S/C28H48N8O3/c29-24-19-25(35-15-17-36(18-16-35)26(37)11-12-27(38)39)34-28(33-24)32-23-9-7-21(8-10-23)20-30-13-4-14-31-22-5-2-1-3-6-22/h19,21-23,30-31H,1-18,20H2,(H,38,39)(H3,29,32,33,34). The molecule has 2 saturated carbocycles. The first-order chi connectivity index (χ1) is 19.0. The first-order valence-electron chi connectivity index (χ1n) is 15.1. The van der Waals surface area contributed by atoms with Crippen molar-refractivity contribution >= 4 is 29.5 Å². The first-order valence-corrected chi connectivity index (χ1v) is 15.1. The Balaban J connectivity index is 1.13. The van der Waals surface area contributed by atoms with Crippen LogP contribution in [0.15, 0.2) is 6.07 Å². The van der Waals surface area contributed by atoms with Crippen LogP contribution in [0.3, 0.4) is 0 Å². The van der Waals surface area contributed by atoms with Crippen LogP contribution < -0.4 is 26.6 Å². The largest absolute Gasteiger partial charge is 0.481 e. The topological polar surface area (TPSA) is 149 Å². The number of aliphatic carboxylic acids is 1. The van der Waals surface area contributed by atoms with Gasteiger partial charge in [0.2, 0.25) is 11.9 Å². The summed E-state index contributed by atoms with van der Waals surface area (Å²) < 4.78 is 0. The van der Waals surface area contributed by atoms with Crippen LogP contribution in [0.1, 0.15) is 77.0 Å². The SMILES string of the molecule is Nc1cc(N2CCN(C(=O)CCC(=O)O)CC2)nc(NC2CCC(CNCCCNC3CCCCC3)CC2)n1. The Morgan fingerprint density at radius 1 is 0.923 bits per heavy atom. The van der Waals surface area contributed by atoms with Crippen molar-refractivity contribution in [3.63, 3.8) is 0 Å². The number of anilines is 3. The van der Waals surface area contributed by atoms with E-state index >= 15 is 0 Å². The van der Waals surface area contributed by atoms with Crippen LogP contribution >= 0.6 is 0 Å². The van der Waals surface area contributed by atoms with E-state index in [1.807, 2.05) is 0 Å². The Bertz CT molecular complexity index is 910. The van der Waals surface area contributed by atoms with Gasteiger partial charge in [0.15, 0.2) is 0 Å². The molecule has 0 radical (unpaired) electrons. The number of aromatic nitrogens is 2. The van der Waals surface area contributed by atoms with Gasteiger partial charge in [-0.3, -0.25) is 9.59 Å². The van der Waals surface area contributed by atoms with E-state index in [-0.39, 0.29) is 18.7 Å². The molecule has 218 valence electrons. The molecule has 3 aliphatic rings. The zero-order chi connectivity index (χ0) is 27.5. The number of rotatable bonds is 13. The van der Waals surface area contributed by atoms with Gasteiger partial charge >= 0.3 is 5.97 Å². The number of nitrogens with zero attached hydrogens (tertiary/aromatic N) is 4. The fraction of sp³-hybridized carbons (Fsp3) is 0.786. The molecule has 0 bridgehead atoms. The van der Waals surface area contributed by atoms with Crippen molar-refractivity contribution in [2.75, 3.05) is 61.8 Å². The molecule has 2 heterocycles. The summed E-state index contributed by atoms with van der Waals surface area (Å²) in [6, 6.07) is 2.87. The molecule has 11 nitrogen and oxygen atoms in total. The van der Waals surface area contributed by atoms with Gasteiger partial charge in [-0.15, -0.1) is 0 Å². The maximum Gasteiger partial charge on any atom is 0.303 e. The zero-order valence-electron chi connectivity index (χ0n) is 23.4. The van der Waals surface area contributed by atoms with Crippen LogP contribution in [0.25, 0.3) is 0 Å². The second kappa shape index (κ2) is 15.2. The molecule has 0 atom stereocenters. The average Bonchev–Trinajstić information content (AvgIpc) is 2.95. The van der Waals surface area contributed by atoms with Crippen LogP contribution in [0.4, 0.5) is 17.6 Å². The summed E-state index contributed by atoms with van der Waals surface area (Å²) >= 11 is 0. The van der Waals surface area contributed by atoms with E-state index in [0.29, 0.717) is 44.0 Å². The number of carboxylic acids is 1. The lowest BCUT2D eigenvalue weighted by atomic mass is 9.86. The highest BCUT2D eigenvalue weighted by atomic mass is 16.4. The van der Waals surface area contributed by atoms with E-state index < -0.39 is 5.97 Å². The minimum absolute atomic E-state index is 0.0417. The van der Waals surface area contributed by atoms with Gasteiger partial charge in [-0.05, 0) is 70.5 Å². The fourth-order valence-electron chi connectivity index (χ4n) is 6.06. The van der Waals surface area contributed by atoms with Gasteiger partial charge in [-0.1, -0.05) is 19.3 Å². The highest BCUT2D eigenvalue weighted by Crippen LogP contribution is 2.27. The quantitative estimate of drug-likeness (QED) is 0.234. The van der Waals surface area contributed by atoms with E-state index in [9.17, 15) is 9.59 Å². The van der Waals surface area contributed by atoms with Crippen LogP contribution in [0, 0.1) is 5.92 Å². The lowest BCUT2D eigenvalue weighted by Gasteiger charge is -2.35. The number of carbonyl (C=O) groups is 2. The molecule has 1 aliphatic heterocycles. The zero-order valence-corrected chi connectivity index (χ0v) is 23.4. The number of nitrogens with one attached hydrogen (secondary N) is 3. The normalized spacial score (nSPS) is 22.6. The molecule has 6 N–H and O–H groups in total. The second-order valence-corrected chi connectivity index (χ2v) is 11.4. The predicted molar refractivity (Wildman–Crippen MR) is 154 cm³/mol. The summed E-state index contributed by atoms with van der Waals surface area (Å²) in [5.41, 5.74) is 6.12. The van der Waals surface area contributed by atoms with Crippen molar-refractivity contribution in [3.05, 3.63) is 6.07 Å². The number of nitrogen functional groups attached to an aromatic ring is 1. The van der Waals surface area contributed by atoms with E-state index in [4.69, 9.17) is 15.8 Å². The van der Waals surface area contributed by atoms with E-state index in [2.05, 4.69) is 25.8 Å². The van der Waals surface area contributed by atoms with Crippen molar-refractivity contribution in [2.45, 2.75) is 89.1 Å². The average molecular weight is 545 g/mol. The minimum Gasteiger partial charge on any atom is -0.481 e. The smallest absolute Gasteiger partial charge is 0.303 e. The third-order valence-electron chi connectivity index (χ3n) is 8.42. The monoisotopic (exact) mass is 544 g/mol.